The van der Waals surface area contributed by atoms with Crippen molar-refractivity contribution in [2.24, 2.45) is 0 Å². The lowest BCUT2D eigenvalue weighted by atomic mass is 10.1. The Morgan fingerprint density at radius 3 is 2.55 bits per heavy atom. The van der Waals surface area contributed by atoms with Crippen LogP contribution in [0.15, 0.2) is 59.0 Å². The zero-order valence-corrected chi connectivity index (χ0v) is 16.4. The molecule has 1 aromatic heterocycles. The van der Waals surface area contributed by atoms with Crippen LogP contribution in [0.5, 0.6) is 5.75 Å². The highest BCUT2D eigenvalue weighted by molar-refractivity contribution is 6.04. The number of hydrogen-bond acceptors (Lipinski definition) is 4. The molecule has 0 bridgehead atoms. The van der Waals surface area contributed by atoms with E-state index in [1.807, 2.05) is 0 Å². The summed E-state index contributed by atoms with van der Waals surface area (Å²) in [6.07, 6.45) is 0. The summed E-state index contributed by atoms with van der Waals surface area (Å²) < 4.78 is 25.0. The van der Waals surface area contributed by atoms with E-state index in [1.54, 1.807) is 57.4 Å². The molecule has 1 N–H and O–H groups in total. The van der Waals surface area contributed by atoms with E-state index < -0.39 is 11.7 Å². The number of carbonyl (C=O) groups is 2. The van der Waals surface area contributed by atoms with Gasteiger partial charge in [-0.05, 0) is 49.4 Å². The first-order valence-corrected chi connectivity index (χ1v) is 9.05. The average molecular weight is 396 g/mol. The van der Waals surface area contributed by atoms with E-state index >= 15 is 0 Å². The molecule has 7 heteroatoms. The Kier molecular flexibility index (Phi) is 5.97. The Balaban J connectivity index is 1.83. The summed E-state index contributed by atoms with van der Waals surface area (Å²) in [6.45, 7) is 2.17. The molecule has 1 heterocycles. The molecule has 29 heavy (non-hydrogen) atoms. The van der Waals surface area contributed by atoms with Crippen LogP contribution in [0.25, 0.3) is 11.3 Å². The zero-order chi connectivity index (χ0) is 21.0. The number of nitrogens with zero attached hydrogens (tertiary/aromatic N) is 1. The predicted molar refractivity (Wildman–Crippen MR) is 108 cm³/mol. The van der Waals surface area contributed by atoms with Crippen molar-refractivity contribution in [2.75, 3.05) is 26.0 Å². The molecular weight excluding hydrogens is 375 g/mol. The normalized spacial score (nSPS) is 10.5. The molecule has 0 radical (unpaired) electrons. The highest BCUT2D eigenvalue weighted by Crippen LogP contribution is 2.29. The van der Waals surface area contributed by atoms with Gasteiger partial charge in [-0.2, -0.15) is 0 Å². The van der Waals surface area contributed by atoms with E-state index in [4.69, 9.17) is 9.15 Å². The number of nitrogens with one attached hydrogen (secondary N) is 1. The minimum atomic E-state index is -0.514. The van der Waals surface area contributed by atoms with Crippen molar-refractivity contribution in [1.29, 1.82) is 0 Å². The Bertz CT molecular complexity index is 1040. The molecule has 0 atom stereocenters. The third kappa shape index (κ3) is 4.45. The van der Waals surface area contributed by atoms with Gasteiger partial charge in [-0.15, -0.1) is 0 Å². The highest BCUT2D eigenvalue weighted by Gasteiger charge is 2.18. The standard InChI is InChI=1S/C22H21FN2O4/c1-4-28-20-13-14(22(27)25(2)3)9-10-17(20)24-21(26)19-12-11-18(29-19)15-7-5-6-8-16(15)23/h5-13H,4H2,1-3H3,(H,24,26). The quantitative estimate of drug-likeness (QED) is 0.669. The molecule has 3 aromatic rings. The number of carbonyl (C=O) groups excluding carboxylic acids is 2. The SMILES string of the molecule is CCOc1cc(C(=O)N(C)C)ccc1NC(=O)c1ccc(-c2ccccc2F)o1. The maximum absolute atomic E-state index is 13.9. The van der Waals surface area contributed by atoms with E-state index in [9.17, 15) is 14.0 Å². The van der Waals surface area contributed by atoms with Crippen LogP contribution in [0, 0.1) is 5.82 Å². The van der Waals surface area contributed by atoms with Crippen LogP contribution in [0.2, 0.25) is 0 Å². The van der Waals surface area contributed by atoms with Crippen LogP contribution in [-0.2, 0) is 0 Å². The number of rotatable bonds is 6. The number of halogens is 1. The molecule has 0 saturated carbocycles. The molecule has 2 aromatic carbocycles. The summed E-state index contributed by atoms with van der Waals surface area (Å²) in [6, 6.07) is 14.0. The van der Waals surface area contributed by atoms with Crippen molar-refractivity contribution < 1.29 is 23.1 Å². The number of anilines is 1. The van der Waals surface area contributed by atoms with Gasteiger partial charge in [-0.25, -0.2) is 4.39 Å². The minimum Gasteiger partial charge on any atom is -0.492 e. The summed E-state index contributed by atoms with van der Waals surface area (Å²) in [4.78, 5) is 26.2. The second kappa shape index (κ2) is 8.60. The summed E-state index contributed by atoms with van der Waals surface area (Å²) in [5.41, 5.74) is 1.11. The molecule has 0 spiro atoms. The number of ether oxygens (including phenoxy) is 1. The van der Waals surface area contributed by atoms with Crippen LogP contribution in [0.4, 0.5) is 10.1 Å². The molecule has 150 valence electrons. The van der Waals surface area contributed by atoms with Gasteiger partial charge in [0.1, 0.15) is 17.3 Å². The first kappa shape index (κ1) is 20.1. The first-order valence-electron chi connectivity index (χ1n) is 9.05. The van der Waals surface area contributed by atoms with Crippen molar-refractivity contribution in [3.63, 3.8) is 0 Å². The van der Waals surface area contributed by atoms with Gasteiger partial charge < -0.3 is 19.4 Å². The summed E-state index contributed by atoms with van der Waals surface area (Å²) >= 11 is 0. The van der Waals surface area contributed by atoms with E-state index in [0.29, 0.717) is 23.6 Å². The third-order valence-corrected chi connectivity index (χ3v) is 4.15. The van der Waals surface area contributed by atoms with Crippen molar-refractivity contribution in [2.45, 2.75) is 6.92 Å². The fraction of sp³-hybridized carbons (Fsp3) is 0.182. The zero-order valence-electron chi connectivity index (χ0n) is 16.4. The Hall–Kier alpha value is -3.61. The smallest absolute Gasteiger partial charge is 0.291 e. The molecule has 0 fully saturated rings. The number of benzene rings is 2. The fourth-order valence-electron chi connectivity index (χ4n) is 2.74. The molecule has 0 aliphatic carbocycles. The summed E-state index contributed by atoms with van der Waals surface area (Å²) in [5, 5.41) is 2.71. The van der Waals surface area contributed by atoms with Gasteiger partial charge >= 0.3 is 0 Å². The molecule has 6 nitrogen and oxygen atoms in total. The Labute approximate surface area is 167 Å². The van der Waals surface area contributed by atoms with Crippen molar-refractivity contribution in [1.82, 2.24) is 4.90 Å². The van der Waals surface area contributed by atoms with Gasteiger partial charge in [0, 0.05) is 19.7 Å². The van der Waals surface area contributed by atoms with Crippen molar-refractivity contribution >= 4 is 17.5 Å². The Morgan fingerprint density at radius 1 is 1.10 bits per heavy atom. The number of amides is 2. The first-order chi connectivity index (χ1) is 13.9. The minimum absolute atomic E-state index is 0.0270. The van der Waals surface area contributed by atoms with E-state index in [1.165, 1.54) is 23.1 Å². The van der Waals surface area contributed by atoms with E-state index in [2.05, 4.69) is 5.32 Å². The summed E-state index contributed by atoms with van der Waals surface area (Å²) in [5.74, 6) is -0.475. The van der Waals surface area contributed by atoms with Crippen LogP contribution < -0.4 is 10.1 Å². The molecule has 0 aliphatic heterocycles. The monoisotopic (exact) mass is 396 g/mol. The second-order valence-electron chi connectivity index (χ2n) is 6.44. The highest BCUT2D eigenvalue weighted by atomic mass is 19.1. The lowest BCUT2D eigenvalue weighted by Gasteiger charge is -2.15. The van der Waals surface area contributed by atoms with Crippen LogP contribution in [0.3, 0.4) is 0 Å². The van der Waals surface area contributed by atoms with Crippen LogP contribution in [-0.4, -0.2) is 37.4 Å². The predicted octanol–water partition coefficient (Wildman–Crippen LogP) is 4.44. The van der Waals surface area contributed by atoms with Gasteiger partial charge in [0.2, 0.25) is 0 Å². The number of hydrogen-bond donors (Lipinski definition) is 1. The second-order valence-corrected chi connectivity index (χ2v) is 6.44. The van der Waals surface area contributed by atoms with Gasteiger partial charge in [0.25, 0.3) is 11.8 Å². The third-order valence-electron chi connectivity index (χ3n) is 4.15. The lowest BCUT2D eigenvalue weighted by molar-refractivity contribution is 0.0827. The van der Waals surface area contributed by atoms with E-state index in [0.717, 1.165) is 0 Å². The lowest BCUT2D eigenvalue weighted by Crippen LogP contribution is -2.22. The molecule has 0 unspecified atom stereocenters. The molecular formula is C22H21FN2O4. The molecule has 3 rings (SSSR count). The number of furan rings is 1. The fourth-order valence-corrected chi connectivity index (χ4v) is 2.74. The van der Waals surface area contributed by atoms with E-state index in [-0.39, 0.29) is 23.0 Å². The molecule has 0 saturated heterocycles. The van der Waals surface area contributed by atoms with Crippen molar-refractivity contribution in [3.8, 4) is 17.1 Å². The van der Waals surface area contributed by atoms with Crippen molar-refractivity contribution in [3.05, 3.63) is 71.7 Å². The maximum atomic E-state index is 13.9. The largest absolute Gasteiger partial charge is 0.492 e. The van der Waals surface area contributed by atoms with Gasteiger partial charge in [-0.3, -0.25) is 9.59 Å². The topological polar surface area (TPSA) is 71.8 Å². The molecule has 0 aliphatic rings. The maximum Gasteiger partial charge on any atom is 0.291 e. The van der Waals surface area contributed by atoms with Crippen LogP contribution >= 0.6 is 0 Å². The van der Waals surface area contributed by atoms with Gasteiger partial charge in [0.15, 0.2) is 5.76 Å². The van der Waals surface area contributed by atoms with Gasteiger partial charge in [0.05, 0.1) is 17.9 Å². The molecule has 2 amide bonds. The van der Waals surface area contributed by atoms with Crippen LogP contribution in [0.1, 0.15) is 27.8 Å². The van der Waals surface area contributed by atoms with Gasteiger partial charge in [-0.1, -0.05) is 12.1 Å². The summed E-state index contributed by atoms with van der Waals surface area (Å²) in [7, 11) is 3.31. The average Bonchev–Trinajstić information content (AvgIpc) is 3.19. The Morgan fingerprint density at radius 2 is 1.86 bits per heavy atom.